The van der Waals surface area contributed by atoms with Crippen molar-refractivity contribution in [2.24, 2.45) is 0 Å². The molecule has 6 nitrogen and oxygen atoms in total. The first kappa shape index (κ1) is 20.5. The Labute approximate surface area is 165 Å². The Morgan fingerprint density at radius 1 is 1.14 bits per heavy atom. The summed E-state index contributed by atoms with van der Waals surface area (Å²) >= 11 is 0. The number of carbonyl (C=O) groups excluding carboxylic acids is 1. The maximum atomic E-state index is 12.6. The van der Waals surface area contributed by atoms with Crippen molar-refractivity contribution in [1.29, 1.82) is 0 Å². The quantitative estimate of drug-likeness (QED) is 0.704. The number of pyridine rings is 1. The largest absolute Gasteiger partial charge is 0.417 e. The van der Waals surface area contributed by atoms with Crippen molar-refractivity contribution in [2.45, 2.75) is 38.9 Å². The van der Waals surface area contributed by atoms with Crippen molar-refractivity contribution >= 4 is 5.91 Å². The van der Waals surface area contributed by atoms with Gasteiger partial charge in [0.1, 0.15) is 0 Å². The van der Waals surface area contributed by atoms with Crippen LogP contribution < -0.4 is 5.32 Å². The number of nitrogens with zero attached hydrogens (tertiary/aromatic N) is 4. The van der Waals surface area contributed by atoms with E-state index in [0.717, 1.165) is 21.9 Å². The molecule has 0 unspecified atom stereocenters. The summed E-state index contributed by atoms with van der Waals surface area (Å²) in [5, 5.41) is 10.5. The van der Waals surface area contributed by atoms with Crippen molar-refractivity contribution in [1.82, 2.24) is 25.3 Å². The Morgan fingerprint density at radius 3 is 2.48 bits per heavy atom. The molecule has 2 aromatic heterocycles. The fourth-order valence-corrected chi connectivity index (χ4v) is 2.87. The molecule has 1 aromatic carbocycles. The van der Waals surface area contributed by atoms with Gasteiger partial charge in [-0.3, -0.25) is 4.79 Å². The van der Waals surface area contributed by atoms with Crippen molar-refractivity contribution in [3.05, 3.63) is 71.2 Å². The van der Waals surface area contributed by atoms with E-state index >= 15 is 0 Å². The van der Waals surface area contributed by atoms with E-state index in [2.05, 4.69) is 20.6 Å². The number of aryl methyl sites for hydroxylation is 1. The normalized spacial score (nSPS) is 12.1. The van der Waals surface area contributed by atoms with Gasteiger partial charge in [-0.2, -0.15) is 13.2 Å². The minimum absolute atomic E-state index is 0.0459. The van der Waals surface area contributed by atoms with Gasteiger partial charge in [-0.15, -0.1) is 5.10 Å². The topological polar surface area (TPSA) is 72.7 Å². The first-order valence-electron chi connectivity index (χ1n) is 8.88. The number of benzene rings is 1. The molecular weight excluding hydrogens is 383 g/mol. The van der Waals surface area contributed by atoms with Gasteiger partial charge in [0, 0.05) is 11.7 Å². The molecule has 9 heteroatoms. The molecule has 0 fully saturated rings. The Bertz CT molecular complexity index is 1010. The molecule has 3 aromatic rings. The Morgan fingerprint density at radius 2 is 1.86 bits per heavy atom. The molecule has 0 radical (unpaired) electrons. The van der Waals surface area contributed by atoms with Crippen LogP contribution in [0.1, 0.15) is 41.0 Å². The van der Waals surface area contributed by atoms with E-state index in [9.17, 15) is 18.0 Å². The van der Waals surface area contributed by atoms with Gasteiger partial charge in [0.25, 0.3) is 5.91 Å². The Hall–Kier alpha value is -3.23. The molecule has 0 aliphatic rings. The fourth-order valence-electron chi connectivity index (χ4n) is 2.87. The molecule has 2 heterocycles. The number of carbonyl (C=O) groups is 1. The van der Waals surface area contributed by atoms with Crippen molar-refractivity contribution in [2.75, 3.05) is 0 Å². The van der Waals surface area contributed by atoms with Crippen LogP contribution in [0.3, 0.4) is 0 Å². The van der Waals surface area contributed by atoms with Gasteiger partial charge in [-0.05, 0) is 50.5 Å². The summed E-state index contributed by atoms with van der Waals surface area (Å²) < 4.78 is 39.1. The summed E-state index contributed by atoms with van der Waals surface area (Å²) in [7, 11) is 0. The van der Waals surface area contributed by atoms with Crippen LogP contribution in [-0.2, 0) is 12.6 Å². The molecule has 0 saturated carbocycles. The summed E-state index contributed by atoms with van der Waals surface area (Å²) in [6, 6.07) is 9.99. The first-order chi connectivity index (χ1) is 13.5. The molecule has 29 heavy (non-hydrogen) atoms. The third-order valence-corrected chi connectivity index (χ3v) is 4.38. The molecule has 0 spiro atoms. The van der Waals surface area contributed by atoms with Crippen molar-refractivity contribution in [3.8, 4) is 5.82 Å². The third kappa shape index (κ3) is 4.98. The summed E-state index contributed by atoms with van der Waals surface area (Å²) in [5.41, 5.74) is 0.894. The van der Waals surface area contributed by atoms with Crippen molar-refractivity contribution in [3.63, 3.8) is 0 Å². The van der Waals surface area contributed by atoms with Crippen LogP contribution in [0.15, 0.2) is 48.8 Å². The number of hydrogen-bond acceptors (Lipinski definition) is 4. The van der Waals surface area contributed by atoms with Crippen LogP contribution in [0.2, 0.25) is 0 Å². The number of nitrogens with one attached hydrogen (secondary N) is 1. The lowest BCUT2D eigenvalue weighted by Crippen LogP contribution is -2.45. The second kappa shape index (κ2) is 7.65. The average molecular weight is 403 g/mol. The lowest BCUT2D eigenvalue weighted by molar-refractivity contribution is -0.137. The molecule has 0 aliphatic heterocycles. The van der Waals surface area contributed by atoms with Gasteiger partial charge in [0.2, 0.25) is 0 Å². The van der Waals surface area contributed by atoms with E-state index in [-0.39, 0.29) is 11.5 Å². The van der Waals surface area contributed by atoms with Crippen molar-refractivity contribution < 1.29 is 18.0 Å². The summed E-state index contributed by atoms with van der Waals surface area (Å²) in [4.78, 5) is 16.3. The maximum Gasteiger partial charge on any atom is 0.417 e. The first-order valence-corrected chi connectivity index (χ1v) is 8.88. The highest BCUT2D eigenvalue weighted by atomic mass is 19.4. The van der Waals surface area contributed by atoms with Crippen LogP contribution in [0.25, 0.3) is 5.82 Å². The minimum Gasteiger partial charge on any atom is -0.345 e. The van der Waals surface area contributed by atoms with E-state index in [1.807, 2.05) is 45.0 Å². The molecule has 0 aliphatic carbocycles. The second-order valence-electron chi connectivity index (χ2n) is 7.39. The monoisotopic (exact) mass is 403 g/mol. The second-order valence-corrected chi connectivity index (χ2v) is 7.39. The molecule has 152 valence electrons. The Kier molecular flexibility index (Phi) is 5.41. The molecule has 3 rings (SSSR count). The van der Waals surface area contributed by atoms with Crippen LogP contribution in [0, 0.1) is 6.92 Å². The number of hydrogen-bond donors (Lipinski definition) is 1. The zero-order valence-corrected chi connectivity index (χ0v) is 16.2. The van der Waals surface area contributed by atoms with E-state index in [1.54, 1.807) is 0 Å². The number of alkyl halides is 3. The fraction of sp³-hybridized carbons (Fsp3) is 0.300. The van der Waals surface area contributed by atoms with Crippen LogP contribution in [0.5, 0.6) is 0 Å². The highest BCUT2D eigenvalue weighted by molar-refractivity contribution is 5.92. The van der Waals surface area contributed by atoms with E-state index in [4.69, 9.17) is 0 Å². The third-order valence-electron chi connectivity index (χ3n) is 4.38. The lowest BCUT2D eigenvalue weighted by Gasteiger charge is -2.26. The minimum atomic E-state index is -4.47. The van der Waals surface area contributed by atoms with E-state index < -0.39 is 23.2 Å². The van der Waals surface area contributed by atoms with Gasteiger partial charge in [0.05, 0.1) is 11.8 Å². The molecular formula is C20H20F3N5O. The SMILES string of the molecule is Cc1ccccc1CC(C)(C)NC(=O)c1cn(-c2ccc(C(F)(F)F)cn2)nn1. The van der Waals surface area contributed by atoms with Gasteiger partial charge in [0.15, 0.2) is 11.5 Å². The predicted octanol–water partition coefficient (Wildman–Crippen LogP) is 3.74. The van der Waals surface area contributed by atoms with Crippen LogP contribution in [0.4, 0.5) is 13.2 Å². The number of rotatable bonds is 5. The molecule has 0 atom stereocenters. The zero-order valence-electron chi connectivity index (χ0n) is 16.2. The summed E-state index contributed by atoms with van der Waals surface area (Å²) in [6.07, 6.45) is -1.81. The number of halogens is 3. The van der Waals surface area contributed by atoms with Crippen LogP contribution >= 0.6 is 0 Å². The van der Waals surface area contributed by atoms with E-state index in [0.29, 0.717) is 12.6 Å². The van der Waals surface area contributed by atoms with Gasteiger partial charge >= 0.3 is 6.18 Å². The predicted molar refractivity (Wildman–Crippen MR) is 101 cm³/mol. The summed E-state index contributed by atoms with van der Waals surface area (Å²) in [6.45, 7) is 5.81. The van der Waals surface area contributed by atoms with Gasteiger partial charge in [-0.1, -0.05) is 29.5 Å². The van der Waals surface area contributed by atoms with E-state index in [1.165, 1.54) is 12.3 Å². The highest BCUT2D eigenvalue weighted by Gasteiger charge is 2.31. The highest BCUT2D eigenvalue weighted by Crippen LogP contribution is 2.28. The average Bonchev–Trinajstić information content (AvgIpc) is 3.13. The smallest absolute Gasteiger partial charge is 0.345 e. The lowest BCUT2D eigenvalue weighted by atomic mass is 9.92. The van der Waals surface area contributed by atoms with Crippen LogP contribution in [-0.4, -0.2) is 31.4 Å². The number of aromatic nitrogens is 4. The Balaban J connectivity index is 1.71. The maximum absolute atomic E-state index is 12.6. The van der Waals surface area contributed by atoms with Gasteiger partial charge in [-0.25, -0.2) is 9.67 Å². The molecule has 1 N–H and O–H groups in total. The molecule has 0 bridgehead atoms. The number of amides is 1. The molecule has 1 amide bonds. The summed E-state index contributed by atoms with van der Waals surface area (Å²) in [5.74, 6) is -0.300. The molecule has 0 saturated heterocycles. The zero-order chi connectivity index (χ0) is 21.2. The van der Waals surface area contributed by atoms with Gasteiger partial charge < -0.3 is 5.32 Å². The standard InChI is InChI=1S/C20H20F3N5O/c1-13-6-4-5-7-14(13)10-19(2,3)25-18(29)16-12-28(27-26-16)17-9-8-15(11-24-17)20(21,22)23/h4-9,11-12H,10H2,1-3H3,(H,25,29).